The van der Waals surface area contributed by atoms with Crippen LogP contribution in [0.5, 0.6) is 0 Å². The Morgan fingerprint density at radius 2 is 1.93 bits per heavy atom. The molecule has 27 heavy (non-hydrogen) atoms. The minimum Gasteiger partial charge on any atom is -0.368 e. The number of hydrogen-bond acceptors (Lipinski definition) is 5. The third-order valence-corrected chi connectivity index (χ3v) is 5.17. The third kappa shape index (κ3) is 2.90. The standard InChI is InChI=1S/C20H19FN6/c21-15-5-6-16-17(11-15)23-20(22)27-19(16)24-18(25-27)8-10-26-9-7-13-3-1-2-4-14(13)12-26/h1-6,11H,7-10,12H2,(H2,22,23). The number of nitrogen functional groups attached to an aromatic ring is 1. The predicted octanol–water partition coefficient (Wildman–Crippen LogP) is 2.60. The van der Waals surface area contributed by atoms with Gasteiger partial charge in [-0.25, -0.2) is 14.4 Å². The van der Waals surface area contributed by atoms with Gasteiger partial charge < -0.3 is 5.73 Å². The molecule has 7 heteroatoms. The summed E-state index contributed by atoms with van der Waals surface area (Å²) in [6.07, 6.45) is 1.80. The molecule has 0 aliphatic carbocycles. The number of rotatable bonds is 3. The van der Waals surface area contributed by atoms with Crippen LogP contribution in [0.4, 0.5) is 10.3 Å². The summed E-state index contributed by atoms with van der Waals surface area (Å²) in [5.74, 6) is 0.594. The molecule has 3 heterocycles. The first-order chi connectivity index (χ1) is 13.2. The van der Waals surface area contributed by atoms with Gasteiger partial charge in [-0.2, -0.15) is 4.52 Å². The van der Waals surface area contributed by atoms with E-state index in [1.807, 2.05) is 0 Å². The monoisotopic (exact) mass is 362 g/mol. The zero-order valence-electron chi connectivity index (χ0n) is 14.8. The van der Waals surface area contributed by atoms with E-state index in [4.69, 9.17) is 5.73 Å². The summed E-state index contributed by atoms with van der Waals surface area (Å²) in [6, 6.07) is 13.0. The molecular weight excluding hydrogens is 343 g/mol. The van der Waals surface area contributed by atoms with Gasteiger partial charge in [0.25, 0.3) is 0 Å². The minimum absolute atomic E-state index is 0.216. The van der Waals surface area contributed by atoms with Gasteiger partial charge in [0.15, 0.2) is 11.5 Å². The minimum atomic E-state index is -0.344. The van der Waals surface area contributed by atoms with E-state index in [1.54, 1.807) is 10.6 Å². The molecule has 2 aromatic carbocycles. The Labute approximate surface area is 155 Å². The molecule has 1 aliphatic rings. The summed E-state index contributed by atoms with van der Waals surface area (Å²) in [7, 11) is 0. The Balaban J connectivity index is 1.40. The van der Waals surface area contributed by atoms with E-state index >= 15 is 0 Å². The van der Waals surface area contributed by atoms with Crippen LogP contribution < -0.4 is 5.73 Å². The first-order valence-electron chi connectivity index (χ1n) is 9.07. The Hall–Kier alpha value is -3.06. The van der Waals surface area contributed by atoms with Crippen molar-refractivity contribution in [2.75, 3.05) is 18.8 Å². The summed E-state index contributed by atoms with van der Waals surface area (Å²) in [4.78, 5) is 11.3. The second-order valence-electron chi connectivity index (χ2n) is 6.94. The lowest BCUT2D eigenvalue weighted by Crippen LogP contribution is -2.32. The number of hydrogen-bond donors (Lipinski definition) is 1. The molecule has 136 valence electrons. The maximum atomic E-state index is 13.5. The molecule has 0 bridgehead atoms. The van der Waals surface area contributed by atoms with Crippen LogP contribution in [-0.4, -0.2) is 37.6 Å². The normalized spacial score (nSPS) is 14.7. The van der Waals surface area contributed by atoms with E-state index in [-0.39, 0.29) is 11.8 Å². The average molecular weight is 362 g/mol. The molecule has 4 aromatic rings. The zero-order chi connectivity index (χ0) is 18.4. The number of anilines is 1. The van der Waals surface area contributed by atoms with Crippen molar-refractivity contribution < 1.29 is 4.39 Å². The van der Waals surface area contributed by atoms with Crippen molar-refractivity contribution in [3.8, 4) is 0 Å². The van der Waals surface area contributed by atoms with Crippen molar-refractivity contribution in [2.45, 2.75) is 19.4 Å². The van der Waals surface area contributed by atoms with Gasteiger partial charge in [-0.15, -0.1) is 5.10 Å². The highest BCUT2D eigenvalue weighted by Crippen LogP contribution is 2.21. The summed E-state index contributed by atoms with van der Waals surface area (Å²) >= 11 is 0. The summed E-state index contributed by atoms with van der Waals surface area (Å²) < 4.78 is 15.0. The van der Waals surface area contributed by atoms with E-state index in [1.165, 1.54) is 23.3 Å². The second-order valence-corrected chi connectivity index (χ2v) is 6.94. The van der Waals surface area contributed by atoms with Crippen LogP contribution in [0, 0.1) is 5.82 Å². The molecule has 0 atom stereocenters. The molecule has 0 saturated heterocycles. The van der Waals surface area contributed by atoms with Gasteiger partial charge in [0.05, 0.1) is 5.52 Å². The van der Waals surface area contributed by atoms with Crippen molar-refractivity contribution in [1.82, 2.24) is 24.5 Å². The lowest BCUT2D eigenvalue weighted by molar-refractivity contribution is 0.256. The highest BCUT2D eigenvalue weighted by molar-refractivity contribution is 5.92. The third-order valence-electron chi connectivity index (χ3n) is 5.17. The fraction of sp³-hybridized carbons (Fsp3) is 0.250. The molecule has 5 rings (SSSR count). The molecule has 2 aromatic heterocycles. The van der Waals surface area contributed by atoms with Crippen LogP contribution in [0.15, 0.2) is 42.5 Å². The molecule has 1 aliphatic heterocycles. The lowest BCUT2D eigenvalue weighted by atomic mass is 10.00. The van der Waals surface area contributed by atoms with E-state index in [2.05, 4.69) is 44.2 Å². The number of aromatic nitrogens is 4. The smallest absolute Gasteiger partial charge is 0.223 e. The van der Waals surface area contributed by atoms with Crippen molar-refractivity contribution in [2.24, 2.45) is 0 Å². The van der Waals surface area contributed by atoms with E-state index < -0.39 is 0 Å². The number of nitrogens with zero attached hydrogens (tertiary/aromatic N) is 5. The van der Waals surface area contributed by atoms with E-state index in [0.717, 1.165) is 43.7 Å². The summed E-state index contributed by atoms with van der Waals surface area (Å²) in [5, 5.41) is 5.26. The molecule has 6 nitrogen and oxygen atoms in total. The van der Waals surface area contributed by atoms with Crippen LogP contribution in [0.1, 0.15) is 17.0 Å². The maximum absolute atomic E-state index is 13.5. The first-order valence-corrected chi connectivity index (χ1v) is 9.07. The molecule has 2 N–H and O–H groups in total. The Kier molecular flexibility index (Phi) is 3.75. The predicted molar refractivity (Wildman–Crippen MR) is 102 cm³/mol. The maximum Gasteiger partial charge on any atom is 0.223 e. The zero-order valence-corrected chi connectivity index (χ0v) is 14.8. The van der Waals surface area contributed by atoms with Gasteiger partial charge in [0.1, 0.15) is 5.82 Å². The molecule has 0 saturated carbocycles. The quantitative estimate of drug-likeness (QED) is 0.606. The van der Waals surface area contributed by atoms with Crippen molar-refractivity contribution in [1.29, 1.82) is 0 Å². The molecule has 0 spiro atoms. The average Bonchev–Trinajstić information content (AvgIpc) is 3.11. The van der Waals surface area contributed by atoms with E-state index in [9.17, 15) is 4.39 Å². The Morgan fingerprint density at radius 3 is 2.81 bits per heavy atom. The number of nitrogens with two attached hydrogens (primary N) is 1. The first kappa shape index (κ1) is 16.1. The van der Waals surface area contributed by atoms with Crippen molar-refractivity contribution in [3.63, 3.8) is 0 Å². The number of benzene rings is 2. The largest absolute Gasteiger partial charge is 0.368 e. The summed E-state index contributed by atoms with van der Waals surface area (Å²) in [5.41, 5.74) is 9.95. The molecule has 0 fully saturated rings. The molecule has 0 unspecified atom stereocenters. The van der Waals surface area contributed by atoms with Crippen LogP contribution in [-0.2, 0) is 19.4 Å². The van der Waals surface area contributed by atoms with Crippen LogP contribution >= 0.6 is 0 Å². The van der Waals surface area contributed by atoms with Gasteiger partial charge in [0, 0.05) is 37.5 Å². The molecule has 0 amide bonds. The SMILES string of the molecule is Nc1nc2cc(F)ccc2c2nc(CCN3CCc4ccccc4C3)nn12. The Bertz CT molecular complexity index is 1150. The second kappa shape index (κ2) is 6.28. The number of fused-ring (bicyclic) bond motifs is 4. The number of halogens is 1. The van der Waals surface area contributed by atoms with Crippen LogP contribution in [0.25, 0.3) is 16.6 Å². The van der Waals surface area contributed by atoms with Gasteiger partial charge in [0.2, 0.25) is 5.95 Å². The molecular formula is C20H19FN6. The van der Waals surface area contributed by atoms with Crippen molar-refractivity contribution in [3.05, 3.63) is 65.2 Å². The van der Waals surface area contributed by atoms with Gasteiger partial charge in [-0.3, -0.25) is 4.90 Å². The molecule has 0 radical (unpaired) electrons. The fourth-order valence-electron chi connectivity index (χ4n) is 3.75. The topological polar surface area (TPSA) is 72.3 Å². The van der Waals surface area contributed by atoms with E-state index in [0.29, 0.717) is 11.2 Å². The Morgan fingerprint density at radius 1 is 1.07 bits per heavy atom. The highest BCUT2D eigenvalue weighted by Gasteiger charge is 2.17. The lowest BCUT2D eigenvalue weighted by Gasteiger charge is -2.28. The van der Waals surface area contributed by atoms with Crippen molar-refractivity contribution >= 4 is 22.5 Å². The van der Waals surface area contributed by atoms with Gasteiger partial charge >= 0.3 is 0 Å². The highest BCUT2D eigenvalue weighted by atomic mass is 19.1. The van der Waals surface area contributed by atoms with Crippen LogP contribution in [0.3, 0.4) is 0 Å². The summed E-state index contributed by atoms with van der Waals surface area (Å²) in [6.45, 7) is 2.87. The van der Waals surface area contributed by atoms with Gasteiger partial charge in [-0.1, -0.05) is 24.3 Å². The van der Waals surface area contributed by atoms with Gasteiger partial charge in [-0.05, 0) is 29.7 Å². The fourth-order valence-corrected chi connectivity index (χ4v) is 3.75. The van der Waals surface area contributed by atoms with Crippen LogP contribution in [0.2, 0.25) is 0 Å².